The van der Waals surface area contributed by atoms with Gasteiger partial charge in [0.25, 0.3) is 5.91 Å². The third-order valence-electron chi connectivity index (χ3n) is 6.62. The van der Waals surface area contributed by atoms with Crippen LogP contribution in [0.3, 0.4) is 0 Å². The molecule has 1 saturated heterocycles. The fourth-order valence-electron chi connectivity index (χ4n) is 4.56. The van der Waals surface area contributed by atoms with Gasteiger partial charge in [0.2, 0.25) is 10.0 Å². The Bertz CT molecular complexity index is 946. The number of nitrogens with zero attached hydrogens (tertiary/aromatic N) is 2. The third kappa shape index (κ3) is 5.47. The lowest BCUT2D eigenvalue weighted by Crippen LogP contribution is -2.56. The number of aryl methyl sites for hydroxylation is 1. The number of aromatic nitrogens is 1. The molecule has 14 heteroatoms. The van der Waals surface area contributed by atoms with Gasteiger partial charge < -0.3 is 0 Å². The molecule has 2 heterocycles. The number of carbonyl (C=O) groups excluding carboxylic acids is 1. The highest BCUT2D eigenvalue weighted by Gasteiger charge is 2.57. The van der Waals surface area contributed by atoms with E-state index in [9.17, 15) is 35.2 Å². The Morgan fingerprint density at radius 1 is 1.15 bits per heavy atom. The minimum absolute atomic E-state index is 0. The van der Waals surface area contributed by atoms with Crippen molar-refractivity contribution in [3.63, 3.8) is 0 Å². The summed E-state index contributed by atoms with van der Waals surface area (Å²) in [5, 5.41) is 9.07. The fraction of sp³-hybridized carbons (Fsp3) is 0.700. The molecule has 1 aromatic rings. The summed E-state index contributed by atoms with van der Waals surface area (Å²) in [6.45, 7) is 0.295. The standard InChI is InChI=1S/C20H26F5N3O4S.ClH/c21-19(22,20(23,24)25)10-5-14-3-4-16(26-13-14)15-6-11-28(12-7-15)33(31,32)18(17(29)27-30)8-1-2-9-18;/h3-4,13,15,30H,1-2,5-12H2,(H,27,29);1H. The number of alkyl halides is 5. The molecule has 1 saturated carbocycles. The molecule has 0 aromatic carbocycles. The van der Waals surface area contributed by atoms with Crippen molar-refractivity contribution in [3.05, 3.63) is 29.6 Å². The van der Waals surface area contributed by atoms with Crippen LogP contribution in [0.5, 0.6) is 0 Å². The Balaban J connectivity index is 0.00000408. The molecule has 7 nitrogen and oxygen atoms in total. The number of hydrogen-bond acceptors (Lipinski definition) is 5. The van der Waals surface area contributed by atoms with Crippen LogP contribution in [0.4, 0.5) is 22.0 Å². The Kier molecular flexibility index (Phi) is 8.93. The minimum Gasteiger partial charge on any atom is -0.289 e. The van der Waals surface area contributed by atoms with Crippen molar-refractivity contribution in [1.82, 2.24) is 14.8 Å². The van der Waals surface area contributed by atoms with Crippen molar-refractivity contribution in [2.24, 2.45) is 0 Å². The number of amides is 1. The molecule has 1 amide bonds. The van der Waals surface area contributed by atoms with Crippen molar-refractivity contribution < 1.29 is 40.4 Å². The summed E-state index contributed by atoms with van der Waals surface area (Å²) in [6.07, 6.45) is -3.95. The zero-order chi connectivity index (χ0) is 24.5. The molecular formula is C20H27ClF5N3O4S. The van der Waals surface area contributed by atoms with Crippen molar-refractivity contribution in [2.45, 2.75) is 74.1 Å². The molecule has 2 aliphatic rings. The van der Waals surface area contributed by atoms with E-state index in [2.05, 4.69) is 4.98 Å². The molecular weight excluding hydrogens is 509 g/mol. The largest absolute Gasteiger partial charge is 0.453 e. The molecule has 1 aliphatic heterocycles. The molecule has 0 atom stereocenters. The molecule has 1 aromatic heterocycles. The molecule has 34 heavy (non-hydrogen) atoms. The van der Waals surface area contributed by atoms with Gasteiger partial charge in [-0.05, 0) is 43.7 Å². The highest BCUT2D eigenvalue weighted by Crippen LogP contribution is 2.41. The quantitative estimate of drug-likeness (QED) is 0.313. The number of carbonyl (C=O) groups is 1. The molecule has 0 radical (unpaired) electrons. The topological polar surface area (TPSA) is 99.6 Å². The average Bonchev–Trinajstić information content (AvgIpc) is 3.29. The summed E-state index contributed by atoms with van der Waals surface area (Å²) >= 11 is 0. The van der Waals surface area contributed by atoms with Crippen LogP contribution >= 0.6 is 12.4 Å². The summed E-state index contributed by atoms with van der Waals surface area (Å²) in [6, 6.07) is 3.02. The van der Waals surface area contributed by atoms with Crippen LogP contribution in [-0.2, 0) is 21.2 Å². The van der Waals surface area contributed by atoms with E-state index >= 15 is 0 Å². The molecule has 0 spiro atoms. The number of piperidine rings is 1. The Labute approximate surface area is 200 Å². The number of halogens is 6. The highest BCUT2D eigenvalue weighted by atomic mass is 35.5. The first-order valence-electron chi connectivity index (χ1n) is 10.7. The number of pyridine rings is 1. The van der Waals surface area contributed by atoms with Gasteiger partial charge in [0.1, 0.15) is 0 Å². The Morgan fingerprint density at radius 3 is 2.21 bits per heavy atom. The van der Waals surface area contributed by atoms with E-state index in [4.69, 9.17) is 5.21 Å². The first-order valence-corrected chi connectivity index (χ1v) is 12.1. The number of nitrogens with one attached hydrogen (secondary N) is 1. The predicted molar refractivity (Wildman–Crippen MR) is 114 cm³/mol. The second-order valence-corrected chi connectivity index (χ2v) is 10.9. The van der Waals surface area contributed by atoms with Gasteiger partial charge in [0.15, 0.2) is 4.75 Å². The van der Waals surface area contributed by atoms with Crippen molar-refractivity contribution in [2.75, 3.05) is 13.1 Å². The van der Waals surface area contributed by atoms with Gasteiger partial charge in [0.05, 0.1) is 0 Å². The van der Waals surface area contributed by atoms with Crippen LogP contribution in [0.1, 0.15) is 62.1 Å². The second-order valence-electron chi connectivity index (χ2n) is 8.61. The van der Waals surface area contributed by atoms with Gasteiger partial charge in [-0.3, -0.25) is 15.0 Å². The van der Waals surface area contributed by atoms with E-state index < -0.39 is 45.6 Å². The van der Waals surface area contributed by atoms with Gasteiger partial charge >= 0.3 is 12.1 Å². The first kappa shape index (κ1) is 28.7. The SMILES string of the molecule is Cl.O=C(NO)C1(S(=O)(=O)N2CCC(c3ccc(CCC(F)(F)C(F)(F)F)cn3)CC2)CCCC1. The van der Waals surface area contributed by atoms with Crippen molar-refractivity contribution >= 4 is 28.3 Å². The number of hydroxylamine groups is 1. The number of rotatable bonds is 7. The van der Waals surface area contributed by atoms with Crippen LogP contribution in [-0.4, -0.2) is 58.8 Å². The molecule has 1 aliphatic carbocycles. The van der Waals surface area contributed by atoms with Crippen molar-refractivity contribution in [3.8, 4) is 0 Å². The lowest BCUT2D eigenvalue weighted by Gasteiger charge is -2.37. The molecule has 194 valence electrons. The van der Waals surface area contributed by atoms with Crippen LogP contribution in [0.25, 0.3) is 0 Å². The van der Waals surface area contributed by atoms with Gasteiger partial charge in [-0.25, -0.2) is 18.2 Å². The molecule has 2 fully saturated rings. The zero-order valence-corrected chi connectivity index (χ0v) is 19.8. The summed E-state index contributed by atoms with van der Waals surface area (Å²) in [4.78, 5) is 16.4. The van der Waals surface area contributed by atoms with Crippen LogP contribution < -0.4 is 5.48 Å². The summed E-state index contributed by atoms with van der Waals surface area (Å²) in [5.41, 5.74) is 2.35. The maximum Gasteiger partial charge on any atom is 0.453 e. The fourth-order valence-corrected chi connectivity index (χ4v) is 6.83. The van der Waals surface area contributed by atoms with E-state index in [0.29, 0.717) is 31.4 Å². The minimum atomic E-state index is -5.59. The number of hydrogen-bond donors (Lipinski definition) is 2. The molecule has 0 unspecified atom stereocenters. The van der Waals surface area contributed by atoms with E-state index in [1.807, 2.05) is 0 Å². The van der Waals surface area contributed by atoms with E-state index in [1.165, 1.54) is 22.0 Å². The first-order chi connectivity index (χ1) is 15.3. The molecule has 0 bridgehead atoms. The monoisotopic (exact) mass is 535 g/mol. The van der Waals surface area contributed by atoms with E-state index in [-0.39, 0.29) is 49.8 Å². The van der Waals surface area contributed by atoms with Crippen LogP contribution in [0.2, 0.25) is 0 Å². The summed E-state index contributed by atoms with van der Waals surface area (Å²) in [7, 11) is -4.00. The van der Waals surface area contributed by atoms with Gasteiger partial charge in [-0.15, -0.1) is 12.4 Å². The normalized spacial score (nSPS) is 20.1. The maximum absolute atomic E-state index is 13.2. The van der Waals surface area contributed by atoms with E-state index in [0.717, 1.165) is 0 Å². The average molecular weight is 536 g/mol. The van der Waals surface area contributed by atoms with Crippen LogP contribution in [0.15, 0.2) is 18.3 Å². The Hall–Kier alpha value is -1.57. The zero-order valence-electron chi connectivity index (χ0n) is 18.2. The van der Waals surface area contributed by atoms with Gasteiger partial charge in [0, 0.05) is 37.3 Å². The third-order valence-corrected chi connectivity index (χ3v) is 9.25. The predicted octanol–water partition coefficient (Wildman–Crippen LogP) is 3.96. The smallest absolute Gasteiger partial charge is 0.289 e. The molecule has 3 rings (SSSR count). The van der Waals surface area contributed by atoms with Gasteiger partial charge in [-0.2, -0.15) is 22.0 Å². The summed E-state index contributed by atoms with van der Waals surface area (Å²) < 4.78 is 89.1. The van der Waals surface area contributed by atoms with Gasteiger partial charge in [-0.1, -0.05) is 18.9 Å². The molecule has 2 N–H and O–H groups in total. The van der Waals surface area contributed by atoms with Crippen molar-refractivity contribution in [1.29, 1.82) is 0 Å². The highest BCUT2D eigenvalue weighted by molar-refractivity contribution is 7.91. The van der Waals surface area contributed by atoms with E-state index in [1.54, 1.807) is 6.07 Å². The maximum atomic E-state index is 13.2. The summed E-state index contributed by atoms with van der Waals surface area (Å²) in [5.74, 6) is -5.81. The number of sulfonamides is 1. The second kappa shape index (κ2) is 10.6. The lowest BCUT2D eigenvalue weighted by atomic mass is 9.93. The van der Waals surface area contributed by atoms with Crippen LogP contribution in [0, 0.1) is 0 Å². The Morgan fingerprint density at radius 2 is 1.74 bits per heavy atom. The lowest BCUT2D eigenvalue weighted by molar-refractivity contribution is -0.284.